The fourth-order valence-corrected chi connectivity index (χ4v) is 9.52. The lowest BCUT2D eigenvalue weighted by atomic mass is 9.41. The minimum Gasteiger partial charge on any atom is -0.481 e. The molecule has 4 aliphatic carbocycles. The summed E-state index contributed by atoms with van der Waals surface area (Å²) in [6, 6.07) is 0. The first kappa shape index (κ1) is 24.4. The van der Waals surface area contributed by atoms with E-state index >= 15 is 0 Å². The van der Waals surface area contributed by atoms with Gasteiger partial charge in [0, 0.05) is 11.8 Å². The van der Waals surface area contributed by atoms with Gasteiger partial charge in [0.25, 0.3) is 0 Å². The number of fused-ring (bicyclic) bond motifs is 5. The molecule has 4 saturated carbocycles. The van der Waals surface area contributed by atoms with Gasteiger partial charge in [-0.1, -0.05) is 34.1 Å². The summed E-state index contributed by atoms with van der Waals surface area (Å²) < 4.78 is 0. The molecule has 32 heavy (non-hydrogen) atoms. The second kappa shape index (κ2) is 8.51. The van der Waals surface area contributed by atoms with Gasteiger partial charge in [0.15, 0.2) is 0 Å². The van der Waals surface area contributed by atoms with Gasteiger partial charge in [0.05, 0.1) is 24.4 Å². The maximum Gasteiger partial charge on any atom is 0.303 e. The average molecular weight is 453 g/mol. The largest absolute Gasteiger partial charge is 0.481 e. The van der Waals surface area contributed by atoms with Crippen molar-refractivity contribution in [2.75, 3.05) is 0 Å². The summed E-state index contributed by atoms with van der Waals surface area (Å²) in [5.41, 5.74) is -0.556. The molecule has 4 aliphatic rings. The van der Waals surface area contributed by atoms with E-state index in [1.54, 1.807) is 0 Å². The molecule has 0 aliphatic heterocycles. The Kier molecular flexibility index (Phi) is 6.50. The predicted octanol–water partition coefficient (Wildman–Crippen LogP) is 3.06. The molecule has 0 saturated heterocycles. The minimum atomic E-state index is -0.831. The van der Waals surface area contributed by atoms with E-state index < -0.39 is 29.7 Å². The first-order chi connectivity index (χ1) is 15.0. The van der Waals surface area contributed by atoms with Crippen molar-refractivity contribution < 1.29 is 30.3 Å². The smallest absolute Gasteiger partial charge is 0.303 e. The third kappa shape index (κ3) is 3.47. The zero-order chi connectivity index (χ0) is 23.6. The second-order valence-electron chi connectivity index (χ2n) is 12.2. The average Bonchev–Trinajstić information content (AvgIpc) is 3.00. The molecule has 0 aromatic heterocycles. The van der Waals surface area contributed by atoms with E-state index in [0.717, 1.165) is 25.7 Å². The number of hydrogen-bond acceptors (Lipinski definition) is 5. The molecule has 3 unspecified atom stereocenters. The van der Waals surface area contributed by atoms with Crippen LogP contribution in [0.2, 0.25) is 0 Å². The van der Waals surface area contributed by atoms with E-state index in [1.807, 2.05) is 6.92 Å². The molecule has 6 nitrogen and oxygen atoms in total. The Bertz CT molecular complexity index is 712. The van der Waals surface area contributed by atoms with Crippen LogP contribution in [0.5, 0.6) is 0 Å². The monoisotopic (exact) mass is 452 g/mol. The number of aliphatic hydroxyl groups excluding tert-OH is 4. The maximum absolute atomic E-state index is 11.7. The highest BCUT2D eigenvalue weighted by molar-refractivity contribution is 5.66. The van der Waals surface area contributed by atoms with Crippen LogP contribution in [-0.4, -0.2) is 55.9 Å². The van der Waals surface area contributed by atoms with Gasteiger partial charge < -0.3 is 25.5 Å². The molecular formula is C26H44O6. The van der Waals surface area contributed by atoms with Crippen molar-refractivity contribution in [2.24, 2.45) is 52.3 Å². The van der Waals surface area contributed by atoms with Gasteiger partial charge in [-0.15, -0.1) is 0 Å². The Morgan fingerprint density at radius 2 is 1.72 bits per heavy atom. The zero-order valence-corrected chi connectivity index (χ0v) is 20.2. The molecule has 0 aromatic carbocycles. The van der Waals surface area contributed by atoms with Crippen LogP contribution in [0.4, 0.5) is 0 Å². The van der Waals surface area contributed by atoms with Crippen molar-refractivity contribution in [3.05, 3.63) is 0 Å². The van der Waals surface area contributed by atoms with Crippen LogP contribution in [0, 0.1) is 52.3 Å². The summed E-state index contributed by atoms with van der Waals surface area (Å²) in [6.07, 6.45) is 3.03. The van der Waals surface area contributed by atoms with Crippen LogP contribution < -0.4 is 0 Å². The summed E-state index contributed by atoms with van der Waals surface area (Å²) in [7, 11) is 0. The molecule has 0 bridgehead atoms. The first-order valence-electron chi connectivity index (χ1n) is 12.9. The van der Waals surface area contributed by atoms with E-state index in [-0.39, 0.29) is 59.4 Å². The molecule has 13 atom stereocenters. The first-order valence-corrected chi connectivity index (χ1v) is 12.9. The molecular weight excluding hydrogens is 408 g/mol. The Labute approximate surface area is 192 Å². The highest BCUT2D eigenvalue weighted by Crippen LogP contribution is 2.69. The number of hydrogen-bond donors (Lipinski definition) is 5. The quantitative estimate of drug-likeness (QED) is 0.438. The van der Waals surface area contributed by atoms with Gasteiger partial charge >= 0.3 is 5.97 Å². The summed E-state index contributed by atoms with van der Waals surface area (Å²) in [5.74, 6) is -0.439. The molecule has 0 amide bonds. The number of aliphatic carboxylic acids is 1. The highest BCUT2D eigenvalue weighted by atomic mass is 16.4. The summed E-state index contributed by atoms with van der Waals surface area (Å²) in [6.45, 7) is 8.55. The highest BCUT2D eigenvalue weighted by Gasteiger charge is 2.68. The fraction of sp³-hybridized carbons (Fsp3) is 0.962. The number of carboxylic acids is 1. The molecule has 4 fully saturated rings. The van der Waals surface area contributed by atoms with Crippen molar-refractivity contribution in [2.45, 2.75) is 103 Å². The summed E-state index contributed by atoms with van der Waals surface area (Å²) in [5, 5.41) is 54.1. The van der Waals surface area contributed by atoms with Gasteiger partial charge in [0.1, 0.15) is 0 Å². The van der Waals surface area contributed by atoms with Crippen molar-refractivity contribution in [3.63, 3.8) is 0 Å². The second-order valence-corrected chi connectivity index (χ2v) is 12.2. The van der Waals surface area contributed by atoms with Crippen LogP contribution in [-0.2, 0) is 4.79 Å². The van der Waals surface area contributed by atoms with Crippen molar-refractivity contribution in [1.82, 2.24) is 0 Å². The lowest BCUT2D eigenvalue weighted by Gasteiger charge is -2.65. The standard InChI is InChI=1S/C26H44O6/c1-5-15-16-10-14(27)8-9-25(16,3)17-12-20(29)26(4)18(22(17)24(15)32)11-19(28)23(26)13(2)6-7-21(30)31/h13-20,22-24,27-29,32H,5-12H2,1-4H3,(H,30,31)/t13-,14-,15-,16+,17?,18?,19-,20+,22?,23+,24-,25+,26-/m1/s1. The molecule has 0 spiro atoms. The van der Waals surface area contributed by atoms with Gasteiger partial charge in [-0.05, 0) is 85.4 Å². The van der Waals surface area contributed by atoms with Crippen LogP contribution in [0.3, 0.4) is 0 Å². The summed E-state index contributed by atoms with van der Waals surface area (Å²) in [4.78, 5) is 11.2. The number of aliphatic hydroxyl groups is 4. The van der Waals surface area contributed by atoms with Gasteiger partial charge in [0.2, 0.25) is 0 Å². The summed E-state index contributed by atoms with van der Waals surface area (Å²) >= 11 is 0. The third-order valence-electron chi connectivity index (χ3n) is 11.0. The third-order valence-corrected chi connectivity index (χ3v) is 11.0. The lowest BCUT2D eigenvalue weighted by Crippen LogP contribution is -2.65. The zero-order valence-electron chi connectivity index (χ0n) is 20.2. The topological polar surface area (TPSA) is 118 Å². The molecule has 184 valence electrons. The van der Waals surface area contributed by atoms with Crippen LogP contribution in [0.1, 0.15) is 79.1 Å². The van der Waals surface area contributed by atoms with Crippen LogP contribution in [0.25, 0.3) is 0 Å². The predicted molar refractivity (Wildman–Crippen MR) is 121 cm³/mol. The van der Waals surface area contributed by atoms with Crippen molar-refractivity contribution in [3.8, 4) is 0 Å². The lowest BCUT2D eigenvalue weighted by molar-refractivity contribution is -0.228. The molecule has 0 aromatic rings. The van der Waals surface area contributed by atoms with E-state index in [2.05, 4.69) is 20.8 Å². The van der Waals surface area contributed by atoms with Gasteiger partial charge in [-0.2, -0.15) is 0 Å². The number of carbonyl (C=O) groups is 1. The van der Waals surface area contributed by atoms with Gasteiger partial charge in [-0.3, -0.25) is 4.79 Å². The van der Waals surface area contributed by atoms with E-state index in [4.69, 9.17) is 5.11 Å². The van der Waals surface area contributed by atoms with Crippen molar-refractivity contribution in [1.29, 1.82) is 0 Å². The van der Waals surface area contributed by atoms with Crippen molar-refractivity contribution >= 4 is 5.97 Å². The van der Waals surface area contributed by atoms with E-state index in [1.165, 1.54) is 0 Å². The SMILES string of the molecule is CC[C@H]1[C@@H](O)C2C3C[C@@H](O)[C@H]([C@H](C)CCC(=O)O)[C@@]3(C)[C@@H](O)CC2[C@@]2(C)CC[C@@H](O)C[C@@H]12. The molecule has 6 heteroatoms. The molecule has 4 rings (SSSR count). The number of rotatable bonds is 5. The molecule has 0 heterocycles. The van der Waals surface area contributed by atoms with Crippen LogP contribution in [0.15, 0.2) is 0 Å². The minimum absolute atomic E-state index is 0.0113. The Hall–Kier alpha value is -0.690. The normalized spacial score (nSPS) is 53.8. The Morgan fingerprint density at radius 3 is 2.34 bits per heavy atom. The van der Waals surface area contributed by atoms with Gasteiger partial charge in [-0.25, -0.2) is 0 Å². The fourth-order valence-electron chi connectivity index (χ4n) is 9.52. The maximum atomic E-state index is 11.7. The van der Waals surface area contributed by atoms with E-state index in [0.29, 0.717) is 19.3 Å². The molecule has 0 radical (unpaired) electrons. The Balaban J connectivity index is 1.70. The Morgan fingerprint density at radius 1 is 1.03 bits per heavy atom. The van der Waals surface area contributed by atoms with Crippen LogP contribution >= 0.6 is 0 Å². The number of carboxylic acid groups (broad SMARTS) is 1. The molecule has 5 N–H and O–H groups in total. The van der Waals surface area contributed by atoms with E-state index in [9.17, 15) is 25.2 Å².